The molecule has 1 heterocycles. The Morgan fingerprint density at radius 2 is 1.81 bits per heavy atom. The summed E-state index contributed by atoms with van der Waals surface area (Å²) in [4.78, 5) is 25.2. The summed E-state index contributed by atoms with van der Waals surface area (Å²) in [6.45, 7) is 5.23. The van der Waals surface area contributed by atoms with Crippen LogP contribution in [0.1, 0.15) is 54.9 Å². The highest BCUT2D eigenvalue weighted by Crippen LogP contribution is 2.30. The maximum absolute atomic E-state index is 13.8. The minimum absolute atomic E-state index is 0.131. The van der Waals surface area contributed by atoms with E-state index < -0.39 is 40.7 Å². The Bertz CT molecular complexity index is 812. The van der Waals surface area contributed by atoms with E-state index in [1.165, 1.54) is 17.4 Å². The lowest BCUT2D eigenvalue weighted by molar-refractivity contribution is 0.0499. The normalized spacial score (nSPS) is 12.5. The van der Waals surface area contributed by atoms with Gasteiger partial charge in [-0.3, -0.25) is 4.79 Å². The molecule has 0 saturated carbocycles. The van der Waals surface area contributed by atoms with Crippen LogP contribution in [0, 0.1) is 11.6 Å². The Morgan fingerprint density at radius 3 is 2.33 bits per heavy atom. The number of hydrogen-bond donors (Lipinski definition) is 1. The van der Waals surface area contributed by atoms with Gasteiger partial charge in [-0.25, -0.2) is 13.6 Å². The van der Waals surface area contributed by atoms with E-state index in [0.29, 0.717) is 0 Å². The Morgan fingerprint density at radius 1 is 1.19 bits per heavy atom. The van der Waals surface area contributed by atoms with Crippen LogP contribution in [0.4, 0.5) is 13.6 Å². The van der Waals surface area contributed by atoms with Gasteiger partial charge in [0.05, 0.1) is 15.4 Å². The number of benzene rings is 1. The second-order valence-electron chi connectivity index (χ2n) is 6.90. The van der Waals surface area contributed by atoms with Crippen LogP contribution in [-0.4, -0.2) is 17.5 Å². The molecule has 0 aliphatic carbocycles. The van der Waals surface area contributed by atoms with Crippen molar-refractivity contribution in [1.82, 2.24) is 5.32 Å². The molecular weight excluding hydrogens is 440 g/mol. The first-order chi connectivity index (χ1) is 12.6. The van der Waals surface area contributed by atoms with Gasteiger partial charge in [0.15, 0.2) is 5.78 Å². The second kappa shape index (κ2) is 8.93. The highest BCUT2D eigenvalue weighted by molar-refractivity contribution is 9.11. The third-order valence-electron chi connectivity index (χ3n) is 3.53. The van der Waals surface area contributed by atoms with Crippen LogP contribution >= 0.6 is 27.3 Å². The van der Waals surface area contributed by atoms with Gasteiger partial charge in [0.1, 0.15) is 17.2 Å². The lowest BCUT2D eigenvalue weighted by atomic mass is 10.0. The molecule has 0 aliphatic rings. The van der Waals surface area contributed by atoms with Crippen LogP contribution in [0.2, 0.25) is 0 Å². The van der Waals surface area contributed by atoms with Crippen LogP contribution in [0.15, 0.2) is 34.1 Å². The molecule has 27 heavy (non-hydrogen) atoms. The molecule has 0 radical (unpaired) electrons. The van der Waals surface area contributed by atoms with Crippen LogP contribution in [0.5, 0.6) is 0 Å². The molecule has 0 aliphatic heterocycles. The second-order valence-corrected chi connectivity index (χ2v) is 9.39. The van der Waals surface area contributed by atoms with Crippen molar-refractivity contribution in [1.29, 1.82) is 0 Å². The molecule has 0 spiro atoms. The minimum atomic E-state index is -0.893. The largest absolute Gasteiger partial charge is 0.444 e. The van der Waals surface area contributed by atoms with Gasteiger partial charge in [0.2, 0.25) is 0 Å². The molecule has 1 unspecified atom stereocenters. The number of alkyl carbamates (subject to hydrolysis) is 1. The van der Waals surface area contributed by atoms with E-state index in [1.807, 2.05) is 12.1 Å². The molecular formula is C19H20BrF2NO3S. The number of carbonyl (C=O) groups is 2. The van der Waals surface area contributed by atoms with E-state index in [1.54, 1.807) is 20.8 Å². The van der Waals surface area contributed by atoms with Gasteiger partial charge in [0, 0.05) is 11.3 Å². The number of hydrogen-bond acceptors (Lipinski definition) is 4. The molecule has 8 heteroatoms. The Hall–Kier alpha value is -1.80. The van der Waals surface area contributed by atoms with Crippen LogP contribution in [-0.2, 0) is 4.74 Å². The fraction of sp³-hybridized carbons (Fsp3) is 0.368. The van der Waals surface area contributed by atoms with E-state index in [-0.39, 0.29) is 12.8 Å². The van der Waals surface area contributed by atoms with Gasteiger partial charge < -0.3 is 10.1 Å². The van der Waals surface area contributed by atoms with E-state index >= 15 is 0 Å². The fourth-order valence-electron chi connectivity index (χ4n) is 2.42. The van der Waals surface area contributed by atoms with Crippen molar-refractivity contribution in [2.24, 2.45) is 0 Å². The first-order valence-electron chi connectivity index (χ1n) is 8.29. The monoisotopic (exact) mass is 459 g/mol. The number of rotatable bonds is 6. The smallest absolute Gasteiger partial charge is 0.408 e. The molecule has 1 aromatic heterocycles. The highest BCUT2D eigenvalue weighted by Gasteiger charge is 2.24. The number of amides is 1. The Kier molecular flexibility index (Phi) is 7.11. The summed E-state index contributed by atoms with van der Waals surface area (Å²) in [5, 5.41) is 2.73. The summed E-state index contributed by atoms with van der Waals surface area (Å²) in [7, 11) is 0. The predicted octanol–water partition coefficient (Wildman–Crippen LogP) is 6.02. The lowest BCUT2D eigenvalue weighted by Crippen LogP contribution is -2.35. The maximum Gasteiger partial charge on any atom is 0.408 e. The molecule has 1 aromatic carbocycles. The summed E-state index contributed by atoms with van der Waals surface area (Å²) in [5.41, 5.74) is -1.22. The number of ether oxygens (including phenoxy) is 1. The molecule has 1 atom stereocenters. The Labute approximate surface area is 169 Å². The fourth-order valence-corrected chi connectivity index (χ4v) is 3.92. The van der Waals surface area contributed by atoms with E-state index in [4.69, 9.17) is 4.74 Å². The van der Waals surface area contributed by atoms with Crippen molar-refractivity contribution >= 4 is 39.1 Å². The third-order valence-corrected chi connectivity index (χ3v) is 5.27. The van der Waals surface area contributed by atoms with Crippen molar-refractivity contribution in [3.05, 3.63) is 56.2 Å². The van der Waals surface area contributed by atoms with Gasteiger partial charge in [-0.15, -0.1) is 11.3 Å². The van der Waals surface area contributed by atoms with Gasteiger partial charge in [-0.2, -0.15) is 0 Å². The number of thiophene rings is 1. The number of carbonyl (C=O) groups excluding carboxylic acids is 2. The predicted molar refractivity (Wildman–Crippen MR) is 104 cm³/mol. The standard InChI is InChI=1S/C19H20BrF2NO3S/c1-19(2,3)26-18(25)23-13(15-9-10-16(20)27-15)7-8-14(24)17-11(21)5-4-6-12(17)22/h4-6,9-10,13H,7-8H2,1-3H3,(H,23,25). The first kappa shape index (κ1) is 21.5. The molecule has 2 aromatic rings. The molecule has 4 nitrogen and oxygen atoms in total. The SMILES string of the molecule is CC(C)(C)OC(=O)NC(CCC(=O)c1c(F)cccc1F)c1ccc(Br)s1. The zero-order chi connectivity index (χ0) is 20.2. The zero-order valence-electron chi connectivity index (χ0n) is 15.1. The van der Waals surface area contributed by atoms with E-state index in [9.17, 15) is 18.4 Å². The van der Waals surface area contributed by atoms with Gasteiger partial charge in [0.25, 0.3) is 0 Å². The molecule has 0 fully saturated rings. The summed E-state index contributed by atoms with van der Waals surface area (Å²) < 4.78 is 33.7. The molecule has 0 saturated heterocycles. The van der Waals surface area contributed by atoms with Crippen molar-refractivity contribution in [3.8, 4) is 0 Å². The van der Waals surface area contributed by atoms with Crippen LogP contribution in [0.25, 0.3) is 0 Å². The molecule has 0 bridgehead atoms. The zero-order valence-corrected chi connectivity index (χ0v) is 17.5. The number of nitrogens with one attached hydrogen (secondary N) is 1. The summed E-state index contributed by atoms with van der Waals surface area (Å²) in [6.07, 6.45) is -0.575. The summed E-state index contributed by atoms with van der Waals surface area (Å²) in [5.74, 6) is -2.44. The number of halogens is 3. The Balaban J connectivity index is 2.12. The van der Waals surface area contributed by atoms with Crippen LogP contribution in [0.3, 0.4) is 0 Å². The molecule has 146 valence electrons. The topological polar surface area (TPSA) is 55.4 Å². The van der Waals surface area contributed by atoms with Crippen molar-refractivity contribution in [2.45, 2.75) is 45.3 Å². The third kappa shape index (κ3) is 6.39. The van der Waals surface area contributed by atoms with Gasteiger partial charge >= 0.3 is 6.09 Å². The maximum atomic E-state index is 13.8. The molecule has 1 N–H and O–H groups in total. The highest BCUT2D eigenvalue weighted by atomic mass is 79.9. The average Bonchev–Trinajstić information content (AvgIpc) is 2.96. The minimum Gasteiger partial charge on any atom is -0.444 e. The van der Waals surface area contributed by atoms with Crippen molar-refractivity contribution < 1.29 is 23.1 Å². The first-order valence-corrected chi connectivity index (χ1v) is 9.90. The quantitative estimate of drug-likeness (QED) is 0.537. The summed E-state index contributed by atoms with van der Waals surface area (Å²) in [6, 6.07) is 6.41. The van der Waals surface area contributed by atoms with Crippen LogP contribution < -0.4 is 5.32 Å². The lowest BCUT2D eigenvalue weighted by Gasteiger charge is -2.23. The number of Topliss-reactive ketones (excluding diaryl/α,β-unsaturated/α-hetero) is 1. The van der Waals surface area contributed by atoms with Gasteiger partial charge in [-0.1, -0.05) is 6.07 Å². The van der Waals surface area contributed by atoms with Crippen molar-refractivity contribution in [2.75, 3.05) is 0 Å². The summed E-state index contributed by atoms with van der Waals surface area (Å²) >= 11 is 4.76. The van der Waals surface area contributed by atoms with E-state index in [0.717, 1.165) is 20.8 Å². The van der Waals surface area contributed by atoms with Gasteiger partial charge in [-0.05, 0) is 67.4 Å². The van der Waals surface area contributed by atoms with E-state index in [2.05, 4.69) is 21.2 Å². The molecule has 2 rings (SSSR count). The number of ketones is 1. The molecule has 1 amide bonds. The van der Waals surface area contributed by atoms with Crippen molar-refractivity contribution in [3.63, 3.8) is 0 Å². The average molecular weight is 460 g/mol.